The first-order valence-corrected chi connectivity index (χ1v) is 5.00. The van der Waals surface area contributed by atoms with E-state index < -0.39 is 16.9 Å². The Morgan fingerprint density at radius 1 is 1.39 bits per heavy atom. The number of benzene rings is 1. The van der Waals surface area contributed by atoms with Crippen molar-refractivity contribution < 1.29 is 9.72 Å². The summed E-state index contributed by atoms with van der Waals surface area (Å²) < 4.78 is 0. The van der Waals surface area contributed by atoms with Crippen LogP contribution >= 0.6 is 0 Å². The van der Waals surface area contributed by atoms with E-state index in [-0.39, 0.29) is 22.8 Å². The van der Waals surface area contributed by atoms with Crippen molar-refractivity contribution in [1.82, 2.24) is 0 Å². The molecule has 0 fully saturated rings. The lowest BCUT2D eigenvalue weighted by molar-refractivity contribution is -0.385. The van der Waals surface area contributed by atoms with Crippen molar-refractivity contribution in [3.8, 4) is 0 Å². The van der Waals surface area contributed by atoms with Gasteiger partial charge in [0.05, 0.1) is 22.1 Å². The predicted molar refractivity (Wildman–Crippen MR) is 65.8 cm³/mol. The number of primary amides is 1. The number of nitro benzene ring substituents is 1. The largest absolute Gasteiger partial charge is 0.370 e. The fourth-order valence-electron chi connectivity index (χ4n) is 1.65. The number of nitrogens with zero attached hydrogens (tertiary/aromatic N) is 2. The molecule has 18 heavy (non-hydrogen) atoms. The molecule has 6 N–H and O–H groups in total. The van der Waals surface area contributed by atoms with Crippen LogP contribution in [0.5, 0.6) is 0 Å². The zero-order valence-electron chi connectivity index (χ0n) is 9.66. The predicted octanol–water partition coefficient (Wildman–Crippen LogP) is 0.0281. The number of aliphatic imine (C=N–C) groups is 1. The third-order valence-electron chi connectivity index (χ3n) is 2.31. The second kappa shape index (κ2) is 5.13. The second-order valence-corrected chi connectivity index (χ2v) is 3.59. The lowest BCUT2D eigenvalue weighted by Crippen LogP contribution is -2.24. The Morgan fingerprint density at radius 3 is 2.44 bits per heavy atom. The first-order valence-electron chi connectivity index (χ1n) is 5.00. The number of hydrogen-bond donors (Lipinski definition) is 3. The monoisotopic (exact) mass is 251 g/mol. The Labute approximate surface area is 103 Å². The molecule has 0 aromatic heterocycles. The molecule has 8 nitrogen and oxygen atoms in total. The van der Waals surface area contributed by atoms with Gasteiger partial charge >= 0.3 is 0 Å². The SMILES string of the molecule is CC(N=C(N)N)c1c(C(N)=O)cccc1[N+](=O)[O-]. The van der Waals surface area contributed by atoms with Crippen molar-refractivity contribution in [2.75, 3.05) is 0 Å². The number of rotatable bonds is 4. The molecule has 0 radical (unpaired) electrons. The molecule has 0 saturated carbocycles. The van der Waals surface area contributed by atoms with E-state index in [0.29, 0.717) is 0 Å². The van der Waals surface area contributed by atoms with Crippen molar-refractivity contribution >= 4 is 17.6 Å². The second-order valence-electron chi connectivity index (χ2n) is 3.59. The van der Waals surface area contributed by atoms with Gasteiger partial charge in [-0.25, -0.2) is 4.99 Å². The quantitative estimate of drug-likeness (QED) is 0.298. The lowest BCUT2D eigenvalue weighted by Gasteiger charge is -2.11. The van der Waals surface area contributed by atoms with Crippen molar-refractivity contribution in [3.05, 3.63) is 39.4 Å². The molecule has 1 aromatic rings. The van der Waals surface area contributed by atoms with E-state index in [1.54, 1.807) is 0 Å². The van der Waals surface area contributed by atoms with Crippen LogP contribution in [0.25, 0.3) is 0 Å². The minimum atomic E-state index is -0.772. The molecule has 0 saturated heterocycles. The molecule has 0 aliphatic rings. The number of carbonyl (C=O) groups is 1. The summed E-state index contributed by atoms with van der Waals surface area (Å²) in [5.74, 6) is -0.998. The molecule has 0 bridgehead atoms. The summed E-state index contributed by atoms with van der Waals surface area (Å²) in [5, 5.41) is 10.9. The number of amides is 1. The van der Waals surface area contributed by atoms with E-state index in [9.17, 15) is 14.9 Å². The van der Waals surface area contributed by atoms with Crippen LogP contribution in [0.1, 0.15) is 28.9 Å². The van der Waals surface area contributed by atoms with Crippen LogP contribution in [0.4, 0.5) is 5.69 Å². The first-order chi connectivity index (χ1) is 8.34. The van der Waals surface area contributed by atoms with Gasteiger partial charge in [0, 0.05) is 6.07 Å². The van der Waals surface area contributed by atoms with E-state index in [2.05, 4.69) is 4.99 Å². The van der Waals surface area contributed by atoms with Gasteiger partial charge in [0.1, 0.15) is 0 Å². The van der Waals surface area contributed by atoms with Crippen molar-refractivity contribution in [1.29, 1.82) is 0 Å². The molecule has 1 atom stereocenters. The first kappa shape index (κ1) is 13.4. The van der Waals surface area contributed by atoms with Crippen molar-refractivity contribution in [2.45, 2.75) is 13.0 Å². The third-order valence-corrected chi connectivity index (χ3v) is 2.31. The summed E-state index contributed by atoms with van der Waals surface area (Å²) in [5.41, 5.74) is 15.5. The van der Waals surface area contributed by atoms with E-state index in [1.807, 2.05) is 0 Å². The fourth-order valence-corrected chi connectivity index (χ4v) is 1.65. The highest BCUT2D eigenvalue weighted by atomic mass is 16.6. The maximum atomic E-state index is 11.3. The Bertz CT molecular complexity index is 490. The standard InChI is InChI=1S/C10H13N5O3/c1-5(14-10(12)13)8-6(9(11)16)3-2-4-7(8)15(17)18/h2-5H,1H3,(H2,11,16)(H4,12,13,14). The van der Waals surface area contributed by atoms with Crippen LogP contribution in [0.15, 0.2) is 23.2 Å². The van der Waals surface area contributed by atoms with Crippen LogP contribution in [0.2, 0.25) is 0 Å². The molecule has 1 rings (SSSR count). The number of nitrogens with two attached hydrogens (primary N) is 3. The summed E-state index contributed by atoms with van der Waals surface area (Å²) in [7, 11) is 0. The van der Waals surface area contributed by atoms with Gasteiger partial charge < -0.3 is 17.2 Å². The number of carbonyl (C=O) groups excluding carboxylic acids is 1. The molecule has 1 amide bonds. The molecule has 0 spiro atoms. The number of guanidine groups is 1. The normalized spacial score (nSPS) is 11.6. The van der Waals surface area contributed by atoms with E-state index in [1.165, 1.54) is 25.1 Å². The highest BCUT2D eigenvalue weighted by Gasteiger charge is 2.24. The maximum Gasteiger partial charge on any atom is 0.275 e. The average molecular weight is 251 g/mol. The van der Waals surface area contributed by atoms with Crippen LogP contribution in [-0.2, 0) is 0 Å². The highest BCUT2D eigenvalue weighted by molar-refractivity contribution is 5.95. The Balaban J connectivity index is 3.49. The molecule has 0 heterocycles. The smallest absolute Gasteiger partial charge is 0.275 e. The summed E-state index contributed by atoms with van der Waals surface area (Å²) in [6.45, 7) is 1.54. The Hall–Kier alpha value is -2.64. The third kappa shape index (κ3) is 2.73. The van der Waals surface area contributed by atoms with Gasteiger partial charge in [-0.3, -0.25) is 14.9 Å². The Kier molecular flexibility index (Phi) is 3.82. The van der Waals surface area contributed by atoms with Gasteiger partial charge in [0.15, 0.2) is 5.96 Å². The maximum absolute atomic E-state index is 11.3. The summed E-state index contributed by atoms with van der Waals surface area (Å²) >= 11 is 0. The Morgan fingerprint density at radius 2 is 2.00 bits per heavy atom. The van der Waals surface area contributed by atoms with Gasteiger partial charge in [0.2, 0.25) is 5.91 Å². The van der Waals surface area contributed by atoms with E-state index in [0.717, 1.165) is 0 Å². The summed E-state index contributed by atoms with van der Waals surface area (Å²) in [6, 6.07) is 3.30. The minimum Gasteiger partial charge on any atom is -0.370 e. The van der Waals surface area contributed by atoms with Gasteiger partial charge in [-0.15, -0.1) is 0 Å². The minimum absolute atomic E-state index is 0.0294. The molecule has 8 heteroatoms. The number of nitro groups is 1. The lowest BCUT2D eigenvalue weighted by atomic mass is 9.99. The zero-order chi connectivity index (χ0) is 13.9. The average Bonchev–Trinajstić information content (AvgIpc) is 2.26. The topological polar surface area (TPSA) is 151 Å². The van der Waals surface area contributed by atoms with Gasteiger partial charge in [0.25, 0.3) is 5.69 Å². The zero-order valence-corrected chi connectivity index (χ0v) is 9.66. The molecule has 0 aliphatic heterocycles. The molecule has 96 valence electrons. The van der Waals surface area contributed by atoms with Gasteiger partial charge in [-0.05, 0) is 13.0 Å². The van der Waals surface area contributed by atoms with Crippen LogP contribution in [0, 0.1) is 10.1 Å². The molecule has 1 aromatic carbocycles. The molecule has 1 unspecified atom stereocenters. The summed E-state index contributed by atoms with van der Waals surface area (Å²) in [6.07, 6.45) is 0. The fraction of sp³-hybridized carbons (Fsp3) is 0.200. The molecular formula is C10H13N5O3. The van der Waals surface area contributed by atoms with E-state index >= 15 is 0 Å². The van der Waals surface area contributed by atoms with E-state index in [4.69, 9.17) is 17.2 Å². The van der Waals surface area contributed by atoms with Crippen LogP contribution in [-0.4, -0.2) is 16.8 Å². The van der Waals surface area contributed by atoms with Gasteiger partial charge in [-0.2, -0.15) is 0 Å². The van der Waals surface area contributed by atoms with Crippen molar-refractivity contribution in [2.24, 2.45) is 22.2 Å². The van der Waals surface area contributed by atoms with Gasteiger partial charge in [-0.1, -0.05) is 6.07 Å². The molecule has 0 aliphatic carbocycles. The van der Waals surface area contributed by atoms with Crippen molar-refractivity contribution in [3.63, 3.8) is 0 Å². The highest BCUT2D eigenvalue weighted by Crippen LogP contribution is 2.30. The van der Waals surface area contributed by atoms with Crippen LogP contribution in [0.3, 0.4) is 0 Å². The summed E-state index contributed by atoms with van der Waals surface area (Å²) in [4.78, 5) is 25.4. The number of hydrogen-bond acceptors (Lipinski definition) is 4. The van der Waals surface area contributed by atoms with Crippen LogP contribution < -0.4 is 17.2 Å². The molecular weight excluding hydrogens is 238 g/mol.